The van der Waals surface area contributed by atoms with Gasteiger partial charge in [0.25, 0.3) is 0 Å². The Hall–Kier alpha value is -0.0800. The van der Waals surface area contributed by atoms with E-state index in [2.05, 4.69) is 38.2 Å². The Morgan fingerprint density at radius 3 is 1.94 bits per heavy atom. The number of hydrogen-bond donors (Lipinski definition) is 1. The summed E-state index contributed by atoms with van der Waals surface area (Å²) in [6.45, 7) is 6.85. The van der Waals surface area contributed by atoms with E-state index in [-0.39, 0.29) is 0 Å². The van der Waals surface area contributed by atoms with Crippen LogP contribution in [-0.4, -0.2) is 38.1 Å². The molecule has 1 N–H and O–H groups in total. The van der Waals surface area contributed by atoms with E-state index in [0.717, 1.165) is 6.54 Å². The Morgan fingerprint density at radius 2 is 1.41 bits per heavy atom. The highest BCUT2D eigenvalue weighted by atomic mass is 15.1. The summed E-state index contributed by atoms with van der Waals surface area (Å²) in [7, 11) is 4.28. The smallest absolute Gasteiger partial charge is 0.0186 e. The molecule has 0 aliphatic heterocycles. The van der Waals surface area contributed by atoms with Crippen LogP contribution in [0.25, 0.3) is 0 Å². The van der Waals surface area contributed by atoms with E-state index in [1.807, 2.05) is 0 Å². The van der Waals surface area contributed by atoms with Crippen molar-refractivity contribution < 1.29 is 0 Å². The highest BCUT2D eigenvalue weighted by Gasteiger charge is 2.02. The molecule has 2 heteroatoms. The third kappa shape index (κ3) is 12.2. The zero-order valence-electron chi connectivity index (χ0n) is 12.6. The predicted molar refractivity (Wildman–Crippen MR) is 78.6 cm³/mol. The molecule has 0 aromatic rings. The summed E-state index contributed by atoms with van der Waals surface area (Å²) in [4.78, 5) is 2.26. The topological polar surface area (TPSA) is 15.3 Å². The lowest BCUT2D eigenvalue weighted by Crippen LogP contribution is -2.35. The highest BCUT2D eigenvalue weighted by Crippen LogP contribution is 2.07. The molecule has 0 fully saturated rings. The number of likely N-dealkylation sites (N-methyl/N-ethyl adjacent to an activating group) is 1. The van der Waals surface area contributed by atoms with Crippen LogP contribution in [0, 0.1) is 0 Å². The molecule has 104 valence electrons. The molecule has 0 aromatic carbocycles. The fourth-order valence-corrected chi connectivity index (χ4v) is 1.88. The second-order valence-corrected chi connectivity index (χ2v) is 5.49. The maximum atomic E-state index is 3.54. The van der Waals surface area contributed by atoms with Gasteiger partial charge in [-0.25, -0.2) is 0 Å². The van der Waals surface area contributed by atoms with Gasteiger partial charge in [-0.2, -0.15) is 0 Å². The summed E-state index contributed by atoms with van der Waals surface area (Å²) in [5.74, 6) is 0. The van der Waals surface area contributed by atoms with Crippen LogP contribution in [0.4, 0.5) is 0 Å². The Morgan fingerprint density at radius 1 is 0.882 bits per heavy atom. The van der Waals surface area contributed by atoms with Crippen LogP contribution < -0.4 is 5.32 Å². The molecule has 2 nitrogen and oxygen atoms in total. The molecule has 0 aromatic heterocycles. The molecule has 0 saturated heterocycles. The lowest BCUT2D eigenvalue weighted by molar-refractivity contribution is 0.302. The minimum absolute atomic E-state index is 0.643. The monoisotopic (exact) mass is 242 g/mol. The van der Waals surface area contributed by atoms with E-state index < -0.39 is 0 Å². The van der Waals surface area contributed by atoms with Crippen LogP contribution in [0.5, 0.6) is 0 Å². The van der Waals surface area contributed by atoms with Crippen LogP contribution in [0.3, 0.4) is 0 Å². The Balaban J connectivity index is 3.03. The van der Waals surface area contributed by atoms with Crippen LogP contribution in [0.2, 0.25) is 0 Å². The molecule has 1 unspecified atom stereocenters. The molecule has 0 bridgehead atoms. The summed E-state index contributed by atoms with van der Waals surface area (Å²) in [6.07, 6.45) is 11.3. The molecule has 0 rings (SSSR count). The summed E-state index contributed by atoms with van der Waals surface area (Å²) in [5, 5.41) is 3.54. The first-order valence-corrected chi connectivity index (χ1v) is 7.55. The van der Waals surface area contributed by atoms with Gasteiger partial charge in [0, 0.05) is 12.6 Å². The summed E-state index contributed by atoms with van der Waals surface area (Å²) in [6, 6.07) is 0.643. The van der Waals surface area contributed by atoms with E-state index in [0.29, 0.717) is 6.04 Å². The molecule has 1 atom stereocenters. The fourth-order valence-electron chi connectivity index (χ4n) is 1.88. The fraction of sp³-hybridized carbons (Fsp3) is 1.00. The van der Waals surface area contributed by atoms with Gasteiger partial charge in [0.2, 0.25) is 0 Å². The van der Waals surface area contributed by atoms with E-state index in [1.54, 1.807) is 0 Å². The van der Waals surface area contributed by atoms with Crippen molar-refractivity contribution in [1.82, 2.24) is 10.2 Å². The largest absolute Gasteiger partial charge is 0.315 e. The van der Waals surface area contributed by atoms with Crippen molar-refractivity contribution in [3.8, 4) is 0 Å². The molecule has 0 saturated carbocycles. The van der Waals surface area contributed by atoms with Gasteiger partial charge in [-0.3, -0.25) is 0 Å². The first kappa shape index (κ1) is 16.9. The van der Waals surface area contributed by atoms with E-state index in [9.17, 15) is 0 Å². The molecular formula is C15H34N2. The van der Waals surface area contributed by atoms with Crippen molar-refractivity contribution in [3.63, 3.8) is 0 Å². The van der Waals surface area contributed by atoms with Crippen molar-refractivity contribution in [2.45, 2.75) is 71.3 Å². The predicted octanol–water partition coefficient (Wildman–Crippen LogP) is 3.67. The SMILES string of the molecule is CCCCCCCCCCNCC(C)N(C)C. The lowest BCUT2D eigenvalue weighted by Gasteiger charge is -2.19. The number of nitrogens with one attached hydrogen (secondary N) is 1. The average molecular weight is 242 g/mol. The summed E-state index contributed by atoms with van der Waals surface area (Å²) in [5.41, 5.74) is 0. The van der Waals surface area contributed by atoms with Crippen molar-refractivity contribution >= 4 is 0 Å². The Kier molecular flexibility index (Phi) is 12.3. The average Bonchev–Trinajstić information content (AvgIpc) is 2.31. The molecule has 0 spiro atoms. The minimum Gasteiger partial charge on any atom is -0.315 e. The van der Waals surface area contributed by atoms with Crippen LogP contribution in [0.1, 0.15) is 65.2 Å². The van der Waals surface area contributed by atoms with Crippen molar-refractivity contribution in [2.24, 2.45) is 0 Å². The molecular weight excluding hydrogens is 208 g/mol. The van der Waals surface area contributed by atoms with Gasteiger partial charge in [0.1, 0.15) is 0 Å². The number of unbranched alkanes of at least 4 members (excludes halogenated alkanes) is 7. The van der Waals surface area contributed by atoms with Gasteiger partial charge < -0.3 is 10.2 Å². The van der Waals surface area contributed by atoms with Crippen LogP contribution >= 0.6 is 0 Å². The molecule has 0 aliphatic carbocycles. The van der Waals surface area contributed by atoms with Gasteiger partial charge in [-0.1, -0.05) is 51.9 Å². The van der Waals surface area contributed by atoms with Crippen LogP contribution in [0.15, 0.2) is 0 Å². The number of nitrogens with zero attached hydrogens (tertiary/aromatic N) is 1. The minimum atomic E-state index is 0.643. The van der Waals surface area contributed by atoms with Gasteiger partial charge in [-0.15, -0.1) is 0 Å². The lowest BCUT2D eigenvalue weighted by atomic mass is 10.1. The zero-order valence-corrected chi connectivity index (χ0v) is 12.6. The summed E-state index contributed by atoms with van der Waals surface area (Å²) < 4.78 is 0. The molecule has 17 heavy (non-hydrogen) atoms. The van der Waals surface area contributed by atoms with Crippen molar-refractivity contribution in [2.75, 3.05) is 27.2 Å². The van der Waals surface area contributed by atoms with Crippen LogP contribution in [-0.2, 0) is 0 Å². The molecule has 0 aliphatic rings. The maximum absolute atomic E-state index is 3.54. The third-order valence-corrected chi connectivity index (χ3v) is 3.53. The third-order valence-electron chi connectivity index (χ3n) is 3.53. The number of rotatable bonds is 12. The van der Waals surface area contributed by atoms with Gasteiger partial charge in [0.15, 0.2) is 0 Å². The van der Waals surface area contributed by atoms with Gasteiger partial charge in [-0.05, 0) is 34.0 Å². The van der Waals surface area contributed by atoms with Gasteiger partial charge >= 0.3 is 0 Å². The second kappa shape index (κ2) is 12.4. The molecule has 0 amide bonds. The molecule has 0 heterocycles. The Bertz CT molecular complexity index is 146. The summed E-state index contributed by atoms with van der Waals surface area (Å²) >= 11 is 0. The molecule has 0 radical (unpaired) electrons. The van der Waals surface area contributed by atoms with E-state index in [1.165, 1.54) is 57.9 Å². The van der Waals surface area contributed by atoms with Gasteiger partial charge in [0.05, 0.1) is 0 Å². The highest BCUT2D eigenvalue weighted by molar-refractivity contribution is 4.62. The van der Waals surface area contributed by atoms with Crippen molar-refractivity contribution in [3.05, 3.63) is 0 Å². The van der Waals surface area contributed by atoms with E-state index >= 15 is 0 Å². The maximum Gasteiger partial charge on any atom is 0.0186 e. The van der Waals surface area contributed by atoms with E-state index in [4.69, 9.17) is 0 Å². The zero-order chi connectivity index (χ0) is 12.9. The Labute approximate surface area is 109 Å². The quantitative estimate of drug-likeness (QED) is 0.525. The number of hydrogen-bond acceptors (Lipinski definition) is 2. The normalized spacial score (nSPS) is 13.2. The first-order chi connectivity index (χ1) is 8.18. The standard InChI is InChI=1S/C15H34N2/c1-5-6-7-8-9-10-11-12-13-16-14-15(2)17(3)4/h15-16H,5-14H2,1-4H3. The van der Waals surface area contributed by atoms with Crippen molar-refractivity contribution in [1.29, 1.82) is 0 Å². The second-order valence-electron chi connectivity index (χ2n) is 5.49. The first-order valence-electron chi connectivity index (χ1n) is 7.55.